The molecule has 0 atom stereocenters. The summed E-state index contributed by atoms with van der Waals surface area (Å²) in [6, 6.07) is 7.21. The monoisotopic (exact) mass is 258 g/mol. The lowest BCUT2D eigenvalue weighted by Crippen LogP contribution is -2.02. The Morgan fingerprint density at radius 2 is 2.00 bits per heavy atom. The Morgan fingerprint density at radius 3 is 2.63 bits per heavy atom. The van der Waals surface area contributed by atoms with Gasteiger partial charge < -0.3 is 4.74 Å². The molecule has 1 aromatic heterocycles. The third-order valence-electron chi connectivity index (χ3n) is 2.82. The highest BCUT2D eigenvalue weighted by Crippen LogP contribution is 2.34. The third kappa shape index (κ3) is 2.88. The minimum absolute atomic E-state index is 0.0314. The maximum atomic E-state index is 11.1. The molecular weight excluding hydrogens is 244 g/mol. The lowest BCUT2D eigenvalue weighted by atomic mass is 10.1. The average Bonchev–Trinajstić information content (AvgIpc) is 2.40. The summed E-state index contributed by atoms with van der Waals surface area (Å²) >= 11 is 0. The number of rotatable bonds is 4. The normalized spacial score (nSPS) is 10.2. The van der Waals surface area contributed by atoms with Crippen LogP contribution in [-0.4, -0.2) is 9.91 Å². The first kappa shape index (κ1) is 13.0. The molecule has 19 heavy (non-hydrogen) atoms. The standard InChI is InChI=1S/C14H14N2O3/c1-10-5-6-11(2)14(13(10)16(17)18)19-9-12-4-3-7-15-8-12/h3-8H,9H2,1-2H3. The molecule has 2 rings (SSSR count). The van der Waals surface area contributed by atoms with Crippen molar-refractivity contribution in [3.63, 3.8) is 0 Å². The third-order valence-corrected chi connectivity index (χ3v) is 2.82. The molecule has 98 valence electrons. The van der Waals surface area contributed by atoms with Crippen molar-refractivity contribution in [2.45, 2.75) is 20.5 Å². The fourth-order valence-corrected chi connectivity index (χ4v) is 1.82. The molecule has 0 N–H and O–H groups in total. The summed E-state index contributed by atoms with van der Waals surface area (Å²) < 4.78 is 5.61. The van der Waals surface area contributed by atoms with Crippen LogP contribution in [0.4, 0.5) is 5.69 Å². The van der Waals surface area contributed by atoms with Gasteiger partial charge in [-0.15, -0.1) is 0 Å². The largest absolute Gasteiger partial charge is 0.482 e. The van der Waals surface area contributed by atoms with E-state index in [1.165, 1.54) is 0 Å². The van der Waals surface area contributed by atoms with Crippen molar-refractivity contribution < 1.29 is 9.66 Å². The number of nitrogens with zero attached hydrogens (tertiary/aromatic N) is 2. The van der Waals surface area contributed by atoms with E-state index >= 15 is 0 Å². The van der Waals surface area contributed by atoms with E-state index in [4.69, 9.17) is 4.74 Å². The maximum absolute atomic E-state index is 11.1. The fraction of sp³-hybridized carbons (Fsp3) is 0.214. The van der Waals surface area contributed by atoms with Gasteiger partial charge in [0.25, 0.3) is 0 Å². The van der Waals surface area contributed by atoms with E-state index < -0.39 is 4.92 Å². The smallest absolute Gasteiger partial charge is 0.314 e. The van der Waals surface area contributed by atoms with Gasteiger partial charge in [0.2, 0.25) is 5.75 Å². The predicted octanol–water partition coefficient (Wildman–Crippen LogP) is 3.19. The van der Waals surface area contributed by atoms with Gasteiger partial charge in [0.15, 0.2) is 0 Å². The van der Waals surface area contributed by atoms with Crippen molar-refractivity contribution >= 4 is 5.69 Å². The van der Waals surface area contributed by atoms with Crippen molar-refractivity contribution in [2.75, 3.05) is 0 Å². The molecule has 0 fully saturated rings. The highest BCUT2D eigenvalue weighted by atomic mass is 16.6. The van der Waals surface area contributed by atoms with E-state index in [0.717, 1.165) is 11.1 Å². The van der Waals surface area contributed by atoms with E-state index in [-0.39, 0.29) is 12.3 Å². The molecule has 5 nitrogen and oxygen atoms in total. The second-order valence-corrected chi connectivity index (χ2v) is 4.28. The number of pyridine rings is 1. The fourth-order valence-electron chi connectivity index (χ4n) is 1.82. The second kappa shape index (κ2) is 5.48. The van der Waals surface area contributed by atoms with Crippen LogP contribution >= 0.6 is 0 Å². The number of nitro groups is 1. The summed E-state index contributed by atoms with van der Waals surface area (Å²) in [6.07, 6.45) is 3.35. The lowest BCUT2D eigenvalue weighted by molar-refractivity contribution is -0.386. The molecule has 0 bridgehead atoms. The number of nitro benzene ring substituents is 1. The van der Waals surface area contributed by atoms with Crippen LogP contribution in [0.1, 0.15) is 16.7 Å². The topological polar surface area (TPSA) is 65.3 Å². The quantitative estimate of drug-likeness (QED) is 0.624. The first-order valence-electron chi connectivity index (χ1n) is 5.86. The lowest BCUT2D eigenvalue weighted by Gasteiger charge is -2.10. The van der Waals surface area contributed by atoms with Gasteiger partial charge >= 0.3 is 5.69 Å². The van der Waals surface area contributed by atoms with Gasteiger partial charge in [-0.25, -0.2) is 0 Å². The first-order chi connectivity index (χ1) is 9.09. The number of aryl methyl sites for hydroxylation is 2. The van der Waals surface area contributed by atoms with Crippen molar-refractivity contribution in [1.82, 2.24) is 4.98 Å². The van der Waals surface area contributed by atoms with E-state index in [1.807, 2.05) is 12.1 Å². The zero-order valence-corrected chi connectivity index (χ0v) is 10.8. The molecule has 0 unspecified atom stereocenters. The maximum Gasteiger partial charge on any atom is 0.314 e. The number of hydrogen-bond acceptors (Lipinski definition) is 4. The molecule has 0 saturated heterocycles. The highest BCUT2D eigenvalue weighted by Gasteiger charge is 2.20. The Hall–Kier alpha value is -2.43. The number of aromatic nitrogens is 1. The van der Waals surface area contributed by atoms with Crippen LogP contribution in [-0.2, 0) is 6.61 Å². The van der Waals surface area contributed by atoms with Crippen LogP contribution in [0.3, 0.4) is 0 Å². The minimum Gasteiger partial charge on any atom is -0.482 e. The summed E-state index contributed by atoms with van der Waals surface area (Å²) in [4.78, 5) is 14.7. The molecule has 0 amide bonds. The minimum atomic E-state index is -0.402. The molecule has 0 aliphatic heterocycles. The van der Waals surface area contributed by atoms with Gasteiger partial charge in [-0.3, -0.25) is 15.1 Å². The SMILES string of the molecule is Cc1ccc(C)c([N+](=O)[O-])c1OCc1cccnc1. The van der Waals surface area contributed by atoms with E-state index in [2.05, 4.69) is 4.98 Å². The van der Waals surface area contributed by atoms with Crippen molar-refractivity contribution in [1.29, 1.82) is 0 Å². The Kier molecular flexibility index (Phi) is 3.75. The molecule has 1 heterocycles. The van der Waals surface area contributed by atoms with Crippen molar-refractivity contribution in [2.24, 2.45) is 0 Å². The van der Waals surface area contributed by atoms with Gasteiger partial charge in [0.1, 0.15) is 6.61 Å². The van der Waals surface area contributed by atoms with Crippen LogP contribution in [0.15, 0.2) is 36.7 Å². The predicted molar refractivity (Wildman–Crippen MR) is 71.1 cm³/mol. The zero-order valence-electron chi connectivity index (χ0n) is 10.8. The van der Waals surface area contributed by atoms with Crippen LogP contribution in [0.2, 0.25) is 0 Å². The van der Waals surface area contributed by atoms with Crippen LogP contribution < -0.4 is 4.74 Å². The van der Waals surface area contributed by atoms with E-state index in [0.29, 0.717) is 11.3 Å². The Morgan fingerprint density at radius 1 is 1.26 bits per heavy atom. The van der Waals surface area contributed by atoms with Crippen molar-refractivity contribution in [3.05, 3.63) is 63.5 Å². The number of benzene rings is 1. The molecule has 0 aliphatic rings. The summed E-state index contributed by atoms with van der Waals surface area (Å²) in [5.74, 6) is 0.328. The van der Waals surface area contributed by atoms with Gasteiger partial charge in [-0.05, 0) is 25.5 Å². The molecule has 1 aromatic carbocycles. The second-order valence-electron chi connectivity index (χ2n) is 4.28. The molecule has 0 spiro atoms. The molecule has 0 radical (unpaired) electrons. The zero-order chi connectivity index (χ0) is 13.8. The highest BCUT2D eigenvalue weighted by molar-refractivity contribution is 5.56. The van der Waals surface area contributed by atoms with Crippen LogP contribution in [0, 0.1) is 24.0 Å². The van der Waals surface area contributed by atoms with Crippen molar-refractivity contribution in [3.8, 4) is 5.75 Å². The average molecular weight is 258 g/mol. The number of ether oxygens (including phenoxy) is 1. The van der Waals surface area contributed by atoms with Gasteiger partial charge in [-0.2, -0.15) is 0 Å². The van der Waals surface area contributed by atoms with Crippen LogP contribution in [0.5, 0.6) is 5.75 Å². The Bertz CT molecular complexity index is 597. The summed E-state index contributed by atoms with van der Waals surface area (Å²) in [5.41, 5.74) is 2.25. The van der Waals surface area contributed by atoms with Crippen LogP contribution in [0.25, 0.3) is 0 Å². The molecule has 2 aromatic rings. The van der Waals surface area contributed by atoms with E-state index in [9.17, 15) is 10.1 Å². The summed E-state index contributed by atoms with van der Waals surface area (Å²) in [5, 5.41) is 11.1. The van der Waals surface area contributed by atoms with Gasteiger partial charge in [0.05, 0.1) is 4.92 Å². The van der Waals surface area contributed by atoms with Gasteiger partial charge in [-0.1, -0.05) is 18.2 Å². The Labute approximate surface area is 111 Å². The Balaban J connectivity index is 2.29. The molecule has 0 saturated carbocycles. The molecule has 5 heteroatoms. The molecule has 0 aliphatic carbocycles. The summed E-state index contributed by atoms with van der Waals surface area (Å²) in [6.45, 7) is 3.76. The number of hydrogen-bond donors (Lipinski definition) is 0. The molecular formula is C14H14N2O3. The van der Waals surface area contributed by atoms with E-state index in [1.54, 1.807) is 38.4 Å². The first-order valence-corrected chi connectivity index (χ1v) is 5.86. The summed E-state index contributed by atoms with van der Waals surface area (Å²) in [7, 11) is 0. The van der Waals surface area contributed by atoms with Gasteiger partial charge in [0, 0.05) is 23.5 Å².